The lowest BCUT2D eigenvalue weighted by Gasteiger charge is -1.98. The summed E-state index contributed by atoms with van der Waals surface area (Å²) in [4.78, 5) is -0.252. The van der Waals surface area contributed by atoms with Gasteiger partial charge in [0.05, 0.1) is 0 Å². The largest absolute Gasteiger partial charge is 0.243 e. The summed E-state index contributed by atoms with van der Waals surface area (Å²) in [5.74, 6) is -0.639. The predicted molar refractivity (Wildman–Crippen MR) is 41.6 cm³/mol. The summed E-state index contributed by atoms with van der Waals surface area (Å²) in [6.07, 6.45) is 0. The Morgan fingerprint density at radius 2 is 2.08 bits per heavy atom. The van der Waals surface area contributed by atoms with Gasteiger partial charge in [0.25, 0.3) is 0 Å². The molecule has 0 fully saturated rings. The second-order valence-corrected chi connectivity index (χ2v) is 4.40. The molecule has 2 aliphatic rings. The van der Waals surface area contributed by atoms with Gasteiger partial charge in [-0.2, -0.15) is 0 Å². The van der Waals surface area contributed by atoms with Gasteiger partial charge in [-0.25, -0.2) is 17.5 Å². The number of nitrogens with one attached hydrogen (secondary N) is 1. The molecular weight excluding hydrogens is 181 g/mol. The molecule has 0 bridgehead atoms. The van der Waals surface area contributed by atoms with Gasteiger partial charge in [0.1, 0.15) is 4.90 Å². The summed E-state index contributed by atoms with van der Waals surface area (Å²) in [5.41, 5.74) is 1.10. The third kappa shape index (κ3) is 0.867. The Morgan fingerprint density at radius 3 is 2.50 bits per heavy atom. The third-order valence-electron chi connectivity index (χ3n) is 1.83. The summed E-state index contributed by atoms with van der Waals surface area (Å²) >= 11 is 0. The highest BCUT2D eigenvalue weighted by Crippen LogP contribution is 2.41. The van der Waals surface area contributed by atoms with Crippen LogP contribution in [0.1, 0.15) is 0 Å². The molecule has 2 rings (SSSR count). The molecule has 0 atom stereocenters. The van der Waals surface area contributed by atoms with Gasteiger partial charge in [0, 0.05) is 5.56 Å². The van der Waals surface area contributed by atoms with E-state index >= 15 is 0 Å². The summed E-state index contributed by atoms with van der Waals surface area (Å²) in [6, 6.07) is 2.93. The molecule has 12 heavy (non-hydrogen) atoms. The highest BCUT2D eigenvalue weighted by Gasteiger charge is 2.29. The van der Waals surface area contributed by atoms with Crippen LogP contribution < -0.4 is 4.72 Å². The summed E-state index contributed by atoms with van der Waals surface area (Å²) in [6.45, 7) is 0. The zero-order valence-electron chi connectivity index (χ0n) is 6.26. The normalized spacial score (nSPS) is 13.2. The highest BCUT2D eigenvalue weighted by molar-refractivity contribution is 7.89. The number of halogens is 1. The van der Waals surface area contributed by atoms with Crippen molar-refractivity contribution in [3.8, 4) is 11.1 Å². The van der Waals surface area contributed by atoms with Gasteiger partial charge >= 0.3 is 0 Å². The molecule has 3 nitrogen and oxygen atoms in total. The van der Waals surface area contributed by atoms with Gasteiger partial charge in [-0.3, -0.25) is 0 Å². The molecule has 64 valence electrons. The van der Waals surface area contributed by atoms with Crippen LogP contribution in [0.3, 0.4) is 0 Å². The quantitative estimate of drug-likeness (QED) is 0.752. The second-order valence-electron chi connectivity index (χ2n) is 2.54. The van der Waals surface area contributed by atoms with E-state index in [9.17, 15) is 12.8 Å². The maximum atomic E-state index is 13.0. The van der Waals surface area contributed by atoms with Crippen LogP contribution in [-0.2, 0) is 10.0 Å². The molecule has 0 aliphatic heterocycles. The number of hydrogen-bond acceptors (Lipinski definition) is 2. The summed E-state index contributed by atoms with van der Waals surface area (Å²) in [5, 5.41) is 0. The fourth-order valence-electron chi connectivity index (χ4n) is 1.07. The lowest BCUT2D eigenvalue weighted by Crippen LogP contribution is -2.18. The van der Waals surface area contributed by atoms with Crippen LogP contribution >= 0.6 is 0 Å². The van der Waals surface area contributed by atoms with Crippen LogP contribution in [0.5, 0.6) is 0 Å². The van der Waals surface area contributed by atoms with Gasteiger partial charge < -0.3 is 0 Å². The first-order chi connectivity index (χ1) is 5.56. The van der Waals surface area contributed by atoms with E-state index in [0.717, 1.165) is 0 Å². The Labute approximate surface area is 69.3 Å². The van der Waals surface area contributed by atoms with E-state index in [1.54, 1.807) is 6.07 Å². The molecule has 0 amide bonds. The third-order valence-corrected chi connectivity index (χ3v) is 3.24. The minimum Gasteiger partial charge on any atom is -0.214 e. The maximum Gasteiger partial charge on any atom is 0.243 e. The van der Waals surface area contributed by atoms with Crippen LogP contribution in [-0.4, -0.2) is 15.5 Å². The van der Waals surface area contributed by atoms with E-state index in [1.807, 2.05) is 0 Å². The molecule has 0 saturated heterocycles. The number of benzene rings is 1. The molecule has 0 saturated carbocycles. The van der Waals surface area contributed by atoms with Crippen molar-refractivity contribution in [2.75, 3.05) is 7.05 Å². The Hall–Kier alpha value is -0.940. The number of fused-ring (bicyclic) bond motifs is 1. The van der Waals surface area contributed by atoms with E-state index in [2.05, 4.69) is 4.72 Å². The number of sulfonamides is 1. The van der Waals surface area contributed by atoms with E-state index in [4.69, 9.17) is 0 Å². The molecule has 0 heterocycles. The van der Waals surface area contributed by atoms with Gasteiger partial charge in [-0.1, -0.05) is 0 Å². The van der Waals surface area contributed by atoms with E-state index < -0.39 is 15.8 Å². The van der Waals surface area contributed by atoms with Crippen LogP contribution in [0.25, 0.3) is 11.1 Å². The smallest absolute Gasteiger partial charge is 0.214 e. The fourth-order valence-corrected chi connectivity index (χ4v) is 1.92. The Morgan fingerprint density at radius 1 is 1.42 bits per heavy atom. The predicted octanol–water partition coefficient (Wildman–Crippen LogP) is 0.714. The molecule has 0 unspecified atom stereocenters. The van der Waals surface area contributed by atoms with Gasteiger partial charge in [-0.15, -0.1) is 0 Å². The van der Waals surface area contributed by atoms with Crippen molar-refractivity contribution < 1.29 is 12.8 Å². The van der Waals surface area contributed by atoms with Gasteiger partial charge in [-0.05, 0) is 24.7 Å². The van der Waals surface area contributed by atoms with Crippen molar-refractivity contribution >= 4 is 10.0 Å². The van der Waals surface area contributed by atoms with Crippen LogP contribution in [0, 0.1) is 5.82 Å². The topological polar surface area (TPSA) is 46.2 Å². The van der Waals surface area contributed by atoms with Crippen molar-refractivity contribution in [2.45, 2.75) is 4.90 Å². The SMILES string of the molecule is CNS(=O)(=O)c1cc2cc-2c1F. The second kappa shape index (κ2) is 2.05. The molecule has 2 aliphatic carbocycles. The van der Waals surface area contributed by atoms with Crippen LogP contribution in [0.15, 0.2) is 17.0 Å². The first-order valence-corrected chi connectivity index (χ1v) is 4.82. The molecule has 0 aromatic heterocycles. The van der Waals surface area contributed by atoms with Gasteiger partial charge in [0.15, 0.2) is 5.82 Å². The Kier molecular flexibility index (Phi) is 1.32. The zero-order valence-corrected chi connectivity index (χ0v) is 7.07. The Balaban J connectivity index is 2.59. The zero-order chi connectivity index (χ0) is 8.93. The van der Waals surface area contributed by atoms with Crippen LogP contribution in [0.2, 0.25) is 0 Å². The van der Waals surface area contributed by atoms with Crippen molar-refractivity contribution in [1.82, 2.24) is 4.72 Å². The molecule has 0 spiro atoms. The minimum absolute atomic E-state index is 0.252. The lowest BCUT2D eigenvalue weighted by molar-refractivity contribution is 0.567. The lowest BCUT2D eigenvalue weighted by atomic mass is 10.5. The summed E-state index contributed by atoms with van der Waals surface area (Å²) in [7, 11) is -2.36. The van der Waals surface area contributed by atoms with Gasteiger partial charge in [0.2, 0.25) is 10.0 Å². The van der Waals surface area contributed by atoms with E-state index in [-0.39, 0.29) is 4.90 Å². The summed E-state index contributed by atoms with van der Waals surface area (Å²) < 4.78 is 37.3. The minimum atomic E-state index is -3.61. The molecule has 5 heteroatoms. The molecule has 0 radical (unpaired) electrons. The molecule has 1 N–H and O–H groups in total. The number of hydrogen-bond donors (Lipinski definition) is 1. The fraction of sp³-hybridized carbons (Fsp3) is 0.143. The average molecular weight is 187 g/mol. The van der Waals surface area contributed by atoms with Crippen molar-refractivity contribution in [2.24, 2.45) is 0 Å². The van der Waals surface area contributed by atoms with E-state index in [0.29, 0.717) is 11.1 Å². The van der Waals surface area contributed by atoms with Crippen molar-refractivity contribution in [3.05, 3.63) is 17.9 Å². The standard InChI is InChI=1S/C7H6FNO2S/c1-9-12(10,11)6-3-4-2-5(4)7(6)8/h2-3,9H,1H3. The maximum absolute atomic E-state index is 13.0. The molecule has 0 aromatic rings. The first-order valence-electron chi connectivity index (χ1n) is 3.34. The van der Waals surface area contributed by atoms with Crippen molar-refractivity contribution in [1.29, 1.82) is 0 Å². The molecule has 0 aromatic carbocycles. The van der Waals surface area contributed by atoms with E-state index in [1.165, 1.54) is 13.1 Å². The monoisotopic (exact) mass is 187 g/mol. The number of rotatable bonds is 2. The highest BCUT2D eigenvalue weighted by atomic mass is 32.2. The average Bonchev–Trinajstić information content (AvgIpc) is 2.72. The van der Waals surface area contributed by atoms with Crippen molar-refractivity contribution in [3.63, 3.8) is 0 Å². The molecular formula is C7H6FNO2S. The first kappa shape index (κ1) is 7.70. The Bertz CT molecular complexity index is 453. The van der Waals surface area contributed by atoms with Crippen LogP contribution in [0.4, 0.5) is 4.39 Å².